The van der Waals surface area contributed by atoms with Crippen molar-refractivity contribution >= 4 is 16.8 Å². The van der Waals surface area contributed by atoms with Gasteiger partial charge < -0.3 is 9.73 Å². The molecule has 0 amide bonds. The first-order valence-corrected chi connectivity index (χ1v) is 6.72. The van der Waals surface area contributed by atoms with Gasteiger partial charge in [0, 0.05) is 24.7 Å². The molecule has 3 aromatic rings. The highest BCUT2D eigenvalue weighted by molar-refractivity contribution is 5.77. The second kappa shape index (κ2) is 5.52. The number of benzene rings is 2. The number of nitrogens with one attached hydrogen (secondary N) is 1. The summed E-state index contributed by atoms with van der Waals surface area (Å²) in [6.07, 6.45) is 0.736. The van der Waals surface area contributed by atoms with Crippen LogP contribution in [0.1, 0.15) is 18.4 Å². The third-order valence-corrected chi connectivity index (χ3v) is 3.15. The molecule has 3 nitrogen and oxygen atoms in total. The Labute approximate surface area is 120 Å². The molecule has 108 valence electrons. The molecular formula is C16H14F2N2O. The molecule has 0 bridgehead atoms. The zero-order valence-corrected chi connectivity index (χ0v) is 11.5. The predicted molar refractivity (Wildman–Crippen MR) is 77.1 cm³/mol. The molecule has 0 saturated heterocycles. The summed E-state index contributed by atoms with van der Waals surface area (Å²) in [4.78, 5) is 4.35. The molecule has 1 heterocycles. The molecule has 0 saturated carbocycles. The normalized spacial score (nSPS) is 11.0. The summed E-state index contributed by atoms with van der Waals surface area (Å²) < 4.78 is 31.8. The van der Waals surface area contributed by atoms with Gasteiger partial charge in [0.1, 0.15) is 17.2 Å². The maximum atomic E-state index is 13.1. The molecule has 5 heteroatoms. The van der Waals surface area contributed by atoms with E-state index in [9.17, 15) is 8.78 Å². The molecule has 1 aromatic heterocycles. The Bertz CT molecular complexity index is 763. The van der Waals surface area contributed by atoms with Gasteiger partial charge in [-0.05, 0) is 35.9 Å². The molecule has 1 N–H and O–H groups in total. The zero-order chi connectivity index (χ0) is 14.8. The number of hydrogen-bond acceptors (Lipinski definition) is 3. The fraction of sp³-hybridized carbons (Fsp3) is 0.188. The molecule has 0 aliphatic rings. The second-order valence-electron chi connectivity index (χ2n) is 4.77. The summed E-state index contributed by atoms with van der Waals surface area (Å²) in [5, 5.41) is 3.12. The summed E-state index contributed by atoms with van der Waals surface area (Å²) >= 11 is 0. The van der Waals surface area contributed by atoms with Crippen LogP contribution >= 0.6 is 0 Å². The Balaban J connectivity index is 1.78. The van der Waals surface area contributed by atoms with E-state index >= 15 is 0 Å². The van der Waals surface area contributed by atoms with Crippen molar-refractivity contribution in [3.8, 4) is 0 Å². The molecule has 0 aliphatic heterocycles. The van der Waals surface area contributed by atoms with Crippen molar-refractivity contribution in [3.05, 3.63) is 59.5 Å². The van der Waals surface area contributed by atoms with Gasteiger partial charge in [0.25, 0.3) is 0 Å². The van der Waals surface area contributed by atoms with Gasteiger partial charge in [-0.3, -0.25) is 0 Å². The highest BCUT2D eigenvalue weighted by Crippen LogP contribution is 2.21. The minimum absolute atomic E-state index is 0.332. The van der Waals surface area contributed by atoms with Crippen LogP contribution in [0.3, 0.4) is 0 Å². The lowest BCUT2D eigenvalue weighted by atomic mass is 10.2. The standard InChI is InChI=1S/C16H14F2N2O/c1-2-16-20-14-8-13(3-4-15(14)21-16)19-9-10-5-11(17)7-12(18)6-10/h3-8,19H,2,9H2,1H3. The van der Waals surface area contributed by atoms with Crippen molar-refractivity contribution in [1.82, 2.24) is 4.98 Å². The molecule has 21 heavy (non-hydrogen) atoms. The lowest BCUT2D eigenvalue weighted by molar-refractivity contribution is 0.538. The van der Waals surface area contributed by atoms with Gasteiger partial charge in [-0.2, -0.15) is 0 Å². The van der Waals surface area contributed by atoms with Gasteiger partial charge in [-0.15, -0.1) is 0 Å². The van der Waals surface area contributed by atoms with Crippen LogP contribution in [0.25, 0.3) is 11.1 Å². The average molecular weight is 288 g/mol. The minimum atomic E-state index is -0.577. The molecule has 0 unspecified atom stereocenters. The van der Waals surface area contributed by atoms with E-state index in [1.54, 1.807) is 0 Å². The van der Waals surface area contributed by atoms with Gasteiger partial charge in [0.05, 0.1) is 0 Å². The summed E-state index contributed by atoms with van der Waals surface area (Å²) in [5.41, 5.74) is 2.86. The monoisotopic (exact) mass is 288 g/mol. The third-order valence-electron chi connectivity index (χ3n) is 3.15. The first-order chi connectivity index (χ1) is 10.1. The molecule has 0 spiro atoms. The lowest BCUT2D eigenvalue weighted by Crippen LogP contribution is -2.00. The van der Waals surface area contributed by atoms with E-state index in [-0.39, 0.29) is 0 Å². The Morgan fingerprint density at radius 2 is 1.86 bits per heavy atom. The fourth-order valence-corrected chi connectivity index (χ4v) is 2.15. The maximum absolute atomic E-state index is 13.1. The molecule has 0 radical (unpaired) electrons. The molecule has 0 aliphatic carbocycles. The van der Waals surface area contributed by atoms with Crippen molar-refractivity contribution in [3.63, 3.8) is 0 Å². The van der Waals surface area contributed by atoms with E-state index < -0.39 is 11.6 Å². The SMILES string of the molecule is CCc1nc2cc(NCc3cc(F)cc(F)c3)ccc2o1. The van der Waals surface area contributed by atoms with Crippen molar-refractivity contribution in [2.75, 3.05) is 5.32 Å². The van der Waals surface area contributed by atoms with Crippen LogP contribution in [0.5, 0.6) is 0 Å². The highest BCUT2D eigenvalue weighted by atomic mass is 19.1. The van der Waals surface area contributed by atoms with Gasteiger partial charge in [0.2, 0.25) is 0 Å². The lowest BCUT2D eigenvalue weighted by Gasteiger charge is -2.06. The van der Waals surface area contributed by atoms with Crippen molar-refractivity contribution < 1.29 is 13.2 Å². The molecule has 0 atom stereocenters. The van der Waals surface area contributed by atoms with Gasteiger partial charge in [-0.1, -0.05) is 6.92 Å². The molecular weight excluding hydrogens is 274 g/mol. The molecule has 3 rings (SSSR count). The third kappa shape index (κ3) is 3.02. The zero-order valence-electron chi connectivity index (χ0n) is 11.5. The molecule has 0 fully saturated rings. The quantitative estimate of drug-likeness (QED) is 0.778. The van der Waals surface area contributed by atoms with E-state index in [1.807, 2.05) is 25.1 Å². The Hall–Kier alpha value is -2.43. The number of aryl methyl sites for hydroxylation is 1. The van der Waals surface area contributed by atoms with E-state index in [0.717, 1.165) is 29.3 Å². The van der Waals surface area contributed by atoms with Crippen LogP contribution in [0.2, 0.25) is 0 Å². The van der Waals surface area contributed by atoms with E-state index in [1.165, 1.54) is 12.1 Å². The Morgan fingerprint density at radius 1 is 1.10 bits per heavy atom. The number of rotatable bonds is 4. The summed E-state index contributed by atoms with van der Waals surface area (Å²) in [7, 11) is 0. The maximum Gasteiger partial charge on any atom is 0.195 e. The van der Waals surface area contributed by atoms with Crippen LogP contribution < -0.4 is 5.32 Å². The Kier molecular flexibility index (Phi) is 3.56. The Morgan fingerprint density at radius 3 is 2.57 bits per heavy atom. The number of nitrogens with zero attached hydrogens (tertiary/aromatic N) is 1. The number of oxazole rings is 1. The first kappa shape index (κ1) is 13.5. The first-order valence-electron chi connectivity index (χ1n) is 6.72. The van der Waals surface area contributed by atoms with E-state index in [4.69, 9.17) is 4.42 Å². The van der Waals surface area contributed by atoms with Crippen LogP contribution in [-0.4, -0.2) is 4.98 Å². The fourth-order valence-electron chi connectivity index (χ4n) is 2.15. The van der Waals surface area contributed by atoms with Crippen molar-refractivity contribution in [2.24, 2.45) is 0 Å². The summed E-state index contributed by atoms with van der Waals surface area (Å²) in [6, 6.07) is 9.00. The van der Waals surface area contributed by atoms with Crippen molar-refractivity contribution in [1.29, 1.82) is 0 Å². The molecule has 2 aromatic carbocycles. The topological polar surface area (TPSA) is 38.1 Å². The van der Waals surface area contributed by atoms with Gasteiger partial charge in [-0.25, -0.2) is 13.8 Å². The van der Waals surface area contributed by atoms with Crippen molar-refractivity contribution in [2.45, 2.75) is 19.9 Å². The highest BCUT2D eigenvalue weighted by Gasteiger charge is 2.05. The number of halogens is 2. The number of anilines is 1. The summed E-state index contributed by atoms with van der Waals surface area (Å²) in [6.45, 7) is 2.31. The van der Waals surface area contributed by atoms with E-state index in [2.05, 4.69) is 10.3 Å². The van der Waals surface area contributed by atoms with Crippen LogP contribution in [-0.2, 0) is 13.0 Å². The van der Waals surface area contributed by atoms with Gasteiger partial charge >= 0.3 is 0 Å². The predicted octanol–water partition coefficient (Wildman–Crippen LogP) is 4.28. The number of aromatic nitrogens is 1. The van der Waals surface area contributed by atoms with Crippen LogP contribution in [0.15, 0.2) is 40.8 Å². The van der Waals surface area contributed by atoms with Gasteiger partial charge in [0.15, 0.2) is 11.5 Å². The van der Waals surface area contributed by atoms with Crippen LogP contribution in [0.4, 0.5) is 14.5 Å². The van der Waals surface area contributed by atoms with E-state index in [0.29, 0.717) is 18.0 Å². The second-order valence-corrected chi connectivity index (χ2v) is 4.77. The number of hydrogen-bond donors (Lipinski definition) is 1. The largest absolute Gasteiger partial charge is 0.441 e. The van der Waals surface area contributed by atoms with Crippen LogP contribution in [0, 0.1) is 11.6 Å². The summed E-state index contributed by atoms with van der Waals surface area (Å²) in [5.74, 6) is -0.466. The smallest absolute Gasteiger partial charge is 0.195 e. The minimum Gasteiger partial charge on any atom is -0.441 e. The number of fused-ring (bicyclic) bond motifs is 1. The average Bonchev–Trinajstić information content (AvgIpc) is 2.86.